The minimum absolute atomic E-state index is 0.0866. The van der Waals surface area contributed by atoms with Gasteiger partial charge in [-0.1, -0.05) is 38.1 Å². The summed E-state index contributed by atoms with van der Waals surface area (Å²) in [6.07, 6.45) is 2.65. The number of benzene rings is 1. The monoisotopic (exact) mass is 289 g/mol. The number of nitrogens with zero attached hydrogens (tertiary/aromatic N) is 1. The zero-order valence-corrected chi connectivity index (χ0v) is 12.7. The normalized spacial score (nSPS) is 18.2. The average Bonchev–Trinajstić information content (AvgIpc) is 2.90. The summed E-state index contributed by atoms with van der Waals surface area (Å²) in [6.45, 7) is 4.91. The standard InChI is InChI=1S/C17H23NO3/c1-12(2)10-13-5-7-14(8-6-13)11-16(19)18-9-3-4-15(18)17(20)21/h5-8,12,15H,3-4,9-11H2,1-2H3,(H,20,21)/t15-/m1/s1. The van der Waals surface area contributed by atoms with Gasteiger partial charge in [0.2, 0.25) is 5.91 Å². The van der Waals surface area contributed by atoms with Crippen molar-refractivity contribution in [2.45, 2.75) is 45.6 Å². The van der Waals surface area contributed by atoms with Crippen molar-refractivity contribution in [2.75, 3.05) is 6.54 Å². The molecule has 0 aliphatic carbocycles. The van der Waals surface area contributed by atoms with Crippen LogP contribution in [0.5, 0.6) is 0 Å². The molecule has 21 heavy (non-hydrogen) atoms. The SMILES string of the molecule is CC(C)Cc1ccc(CC(=O)N2CCC[C@@H]2C(=O)O)cc1. The Morgan fingerprint density at radius 3 is 2.43 bits per heavy atom. The topological polar surface area (TPSA) is 57.6 Å². The van der Waals surface area contributed by atoms with Gasteiger partial charge in [0.1, 0.15) is 6.04 Å². The van der Waals surface area contributed by atoms with E-state index in [0.29, 0.717) is 18.9 Å². The molecular formula is C17H23NO3. The second-order valence-corrected chi connectivity index (χ2v) is 6.17. The van der Waals surface area contributed by atoms with E-state index in [9.17, 15) is 9.59 Å². The van der Waals surface area contributed by atoms with Crippen molar-refractivity contribution in [3.63, 3.8) is 0 Å². The second kappa shape index (κ2) is 6.74. The lowest BCUT2D eigenvalue weighted by Crippen LogP contribution is -2.41. The van der Waals surface area contributed by atoms with Gasteiger partial charge in [-0.25, -0.2) is 4.79 Å². The van der Waals surface area contributed by atoms with Crippen LogP contribution in [0.15, 0.2) is 24.3 Å². The number of aliphatic carboxylic acids is 1. The maximum Gasteiger partial charge on any atom is 0.326 e. The first kappa shape index (κ1) is 15.5. The first-order chi connectivity index (χ1) is 9.97. The third kappa shape index (κ3) is 4.06. The van der Waals surface area contributed by atoms with Crippen molar-refractivity contribution in [1.29, 1.82) is 0 Å². The molecule has 1 amide bonds. The van der Waals surface area contributed by atoms with E-state index in [-0.39, 0.29) is 12.3 Å². The van der Waals surface area contributed by atoms with Crippen LogP contribution in [0.3, 0.4) is 0 Å². The van der Waals surface area contributed by atoms with Crippen LogP contribution < -0.4 is 0 Å². The number of hydrogen-bond acceptors (Lipinski definition) is 2. The molecule has 114 valence electrons. The molecule has 0 unspecified atom stereocenters. The van der Waals surface area contributed by atoms with Gasteiger partial charge in [0.15, 0.2) is 0 Å². The fraction of sp³-hybridized carbons (Fsp3) is 0.529. The third-order valence-electron chi connectivity index (χ3n) is 3.88. The molecule has 1 aromatic rings. The highest BCUT2D eigenvalue weighted by atomic mass is 16.4. The molecule has 1 aliphatic heterocycles. The molecule has 2 rings (SSSR count). The Kier molecular flexibility index (Phi) is 4.99. The van der Waals surface area contributed by atoms with E-state index in [1.807, 2.05) is 12.1 Å². The summed E-state index contributed by atoms with van der Waals surface area (Å²) in [4.78, 5) is 24.9. The lowest BCUT2D eigenvalue weighted by atomic mass is 10.0. The number of carboxylic acid groups (broad SMARTS) is 1. The molecule has 0 aromatic heterocycles. The molecule has 0 saturated carbocycles. The van der Waals surface area contributed by atoms with Crippen LogP contribution in [0.2, 0.25) is 0 Å². The van der Waals surface area contributed by atoms with Gasteiger partial charge in [-0.05, 0) is 36.3 Å². The number of hydrogen-bond donors (Lipinski definition) is 1. The van der Waals surface area contributed by atoms with Gasteiger partial charge in [-0.15, -0.1) is 0 Å². The molecule has 1 saturated heterocycles. The van der Waals surface area contributed by atoms with E-state index in [4.69, 9.17) is 5.11 Å². The molecule has 0 radical (unpaired) electrons. The quantitative estimate of drug-likeness (QED) is 0.906. The fourth-order valence-corrected chi connectivity index (χ4v) is 2.86. The van der Waals surface area contributed by atoms with Crippen LogP contribution in [0.25, 0.3) is 0 Å². The van der Waals surface area contributed by atoms with Crippen LogP contribution in [0.1, 0.15) is 37.8 Å². The largest absolute Gasteiger partial charge is 0.480 e. The first-order valence-electron chi connectivity index (χ1n) is 7.57. The maximum atomic E-state index is 12.3. The fourth-order valence-electron chi connectivity index (χ4n) is 2.86. The molecule has 4 heteroatoms. The molecular weight excluding hydrogens is 266 g/mol. The van der Waals surface area contributed by atoms with Gasteiger partial charge in [-0.3, -0.25) is 4.79 Å². The summed E-state index contributed by atoms with van der Waals surface area (Å²) in [7, 11) is 0. The van der Waals surface area contributed by atoms with Crippen molar-refractivity contribution < 1.29 is 14.7 Å². The summed E-state index contributed by atoms with van der Waals surface area (Å²) in [6, 6.07) is 7.42. The summed E-state index contributed by atoms with van der Waals surface area (Å²) < 4.78 is 0. The zero-order valence-electron chi connectivity index (χ0n) is 12.7. The van der Waals surface area contributed by atoms with E-state index >= 15 is 0 Å². The van der Waals surface area contributed by atoms with Gasteiger partial charge < -0.3 is 10.0 Å². The van der Waals surface area contributed by atoms with Crippen LogP contribution in [-0.4, -0.2) is 34.5 Å². The Balaban J connectivity index is 1.97. The predicted octanol–water partition coefficient (Wildman–Crippen LogP) is 2.50. The maximum absolute atomic E-state index is 12.3. The average molecular weight is 289 g/mol. The van der Waals surface area contributed by atoms with E-state index in [1.54, 1.807) is 0 Å². The van der Waals surface area contributed by atoms with Gasteiger partial charge in [0.05, 0.1) is 6.42 Å². The highest BCUT2D eigenvalue weighted by Crippen LogP contribution is 2.19. The van der Waals surface area contributed by atoms with Crippen molar-refractivity contribution >= 4 is 11.9 Å². The van der Waals surface area contributed by atoms with Gasteiger partial charge in [-0.2, -0.15) is 0 Å². The Labute approximate surface area is 125 Å². The number of rotatable bonds is 5. The highest BCUT2D eigenvalue weighted by Gasteiger charge is 2.33. The predicted molar refractivity (Wildman–Crippen MR) is 81.1 cm³/mol. The Bertz CT molecular complexity index is 507. The number of carbonyl (C=O) groups is 2. The molecule has 1 heterocycles. The third-order valence-corrected chi connectivity index (χ3v) is 3.88. The van der Waals surface area contributed by atoms with Crippen LogP contribution in [-0.2, 0) is 22.4 Å². The van der Waals surface area contributed by atoms with Crippen molar-refractivity contribution in [2.24, 2.45) is 5.92 Å². The number of carbonyl (C=O) groups excluding carboxylic acids is 1. The summed E-state index contributed by atoms with van der Waals surface area (Å²) >= 11 is 0. The Morgan fingerprint density at radius 2 is 1.86 bits per heavy atom. The highest BCUT2D eigenvalue weighted by molar-refractivity contribution is 5.85. The van der Waals surface area contributed by atoms with Gasteiger partial charge in [0.25, 0.3) is 0 Å². The summed E-state index contributed by atoms with van der Waals surface area (Å²) in [5, 5.41) is 9.13. The molecule has 1 atom stereocenters. The van der Waals surface area contributed by atoms with Gasteiger partial charge >= 0.3 is 5.97 Å². The van der Waals surface area contributed by atoms with Crippen molar-refractivity contribution in [1.82, 2.24) is 4.90 Å². The number of carboxylic acids is 1. The smallest absolute Gasteiger partial charge is 0.326 e. The number of likely N-dealkylation sites (tertiary alicyclic amines) is 1. The van der Waals surface area contributed by atoms with Crippen LogP contribution >= 0.6 is 0 Å². The molecule has 1 aromatic carbocycles. The van der Waals surface area contributed by atoms with Gasteiger partial charge in [0, 0.05) is 6.54 Å². The Morgan fingerprint density at radius 1 is 1.24 bits per heavy atom. The van der Waals surface area contributed by atoms with E-state index in [2.05, 4.69) is 26.0 Å². The molecule has 0 spiro atoms. The summed E-state index contributed by atoms with van der Waals surface area (Å²) in [5.41, 5.74) is 2.22. The van der Waals surface area contributed by atoms with Crippen LogP contribution in [0, 0.1) is 5.92 Å². The van der Waals surface area contributed by atoms with E-state index < -0.39 is 12.0 Å². The minimum Gasteiger partial charge on any atom is -0.480 e. The minimum atomic E-state index is -0.895. The van der Waals surface area contributed by atoms with E-state index in [1.165, 1.54) is 10.5 Å². The zero-order chi connectivity index (χ0) is 15.4. The second-order valence-electron chi connectivity index (χ2n) is 6.17. The molecule has 1 fully saturated rings. The first-order valence-corrected chi connectivity index (χ1v) is 7.57. The van der Waals surface area contributed by atoms with E-state index in [0.717, 1.165) is 18.4 Å². The number of amides is 1. The van der Waals surface area contributed by atoms with Crippen molar-refractivity contribution in [3.05, 3.63) is 35.4 Å². The molecule has 1 N–H and O–H groups in total. The Hall–Kier alpha value is -1.84. The molecule has 1 aliphatic rings. The van der Waals surface area contributed by atoms with Crippen molar-refractivity contribution in [3.8, 4) is 0 Å². The summed E-state index contributed by atoms with van der Waals surface area (Å²) in [5.74, 6) is -0.372. The molecule has 4 nitrogen and oxygen atoms in total. The lowest BCUT2D eigenvalue weighted by Gasteiger charge is -2.21. The lowest BCUT2D eigenvalue weighted by molar-refractivity contribution is -0.148. The molecule has 0 bridgehead atoms. The van der Waals surface area contributed by atoms with Crippen LogP contribution in [0.4, 0.5) is 0 Å².